The molecule has 0 aliphatic heterocycles. The van der Waals surface area contributed by atoms with E-state index < -0.39 is 14.6 Å². The first-order valence-corrected chi connectivity index (χ1v) is 12.9. The van der Waals surface area contributed by atoms with Crippen molar-refractivity contribution in [3.63, 3.8) is 0 Å². The van der Waals surface area contributed by atoms with E-state index in [0.29, 0.717) is 11.9 Å². The van der Waals surface area contributed by atoms with Crippen LogP contribution in [0.25, 0.3) is 0 Å². The topological polar surface area (TPSA) is 43.4 Å². The second-order valence-electron chi connectivity index (χ2n) is 9.27. The number of sulfone groups is 1. The van der Waals surface area contributed by atoms with Gasteiger partial charge in [0.2, 0.25) is 0 Å². The van der Waals surface area contributed by atoms with Gasteiger partial charge in [0.15, 0.2) is 9.84 Å². The van der Waals surface area contributed by atoms with Crippen molar-refractivity contribution in [1.29, 1.82) is 0 Å². The summed E-state index contributed by atoms with van der Waals surface area (Å²) in [6.07, 6.45) is 12.7. The Morgan fingerprint density at radius 2 is 1.64 bits per heavy atom. The molecule has 28 heavy (non-hydrogen) atoms. The molecule has 1 saturated carbocycles. The van der Waals surface area contributed by atoms with Crippen molar-refractivity contribution >= 4 is 9.84 Å². The monoisotopic (exact) mass is 408 g/mol. The smallest absolute Gasteiger partial charge is 0.155 e. The molecule has 2 rings (SSSR count). The molecular weight excluding hydrogens is 368 g/mol. The zero-order valence-electron chi connectivity index (χ0n) is 18.4. The van der Waals surface area contributed by atoms with Crippen LogP contribution in [0.1, 0.15) is 96.6 Å². The standard InChI is InChI=1S/C24H40O3S/c1-5-21-19-20(16-17-23(21)27-22-14-10-11-15-22)13-9-7-6-8-12-18-28(25,26)24(2,3)4/h16-17,19,22H,5-15,18H2,1-4H3. The first-order valence-electron chi connectivity index (χ1n) is 11.2. The zero-order valence-corrected chi connectivity index (χ0v) is 19.2. The van der Waals surface area contributed by atoms with E-state index in [1.807, 2.05) is 0 Å². The number of rotatable bonds is 11. The molecule has 0 N–H and O–H groups in total. The van der Waals surface area contributed by atoms with E-state index in [2.05, 4.69) is 25.1 Å². The van der Waals surface area contributed by atoms with E-state index in [9.17, 15) is 8.42 Å². The minimum atomic E-state index is -2.97. The molecule has 1 fully saturated rings. The van der Waals surface area contributed by atoms with Crippen LogP contribution in [0.4, 0.5) is 0 Å². The van der Waals surface area contributed by atoms with Crippen LogP contribution in [0.15, 0.2) is 18.2 Å². The fraction of sp³-hybridized carbons (Fsp3) is 0.750. The molecule has 0 saturated heterocycles. The Morgan fingerprint density at radius 1 is 1.00 bits per heavy atom. The Balaban J connectivity index is 1.68. The maximum atomic E-state index is 12.1. The van der Waals surface area contributed by atoms with Crippen molar-refractivity contribution in [2.45, 2.75) is 109 Å². The van der Waals surface area contributed by atoms with Gasteiger partial charge in [-0.1, -0.05) is 38.3 Å². The van der Waals surface area contributed by atoms with Crippen LogP contribution in [-0.4, -0.2) is 25.0 Å². The molecular formula is C24H40O3S. The Labute approximate surface area is 173 Å². The van der Waals surface area contributed by atoms with Gasteiger partial charge in [0.25, 0.3) is 0 Å². The minimum Gasteiger partial charge on any atom is -0.490 e. The van der Waals surface area contributed by atoms with Crippen LogP contribution >= 0.6 is 0 Å². The summed E-state index contributed by atoms with van der Waals surface area (Å²) in [5, 5.41) is 0. The highest BCUT2D eigenvalue weighted by molar-refractivity contribution is 7.92. The molecule has 0 amide bonds. The zero-order chi connectivity index (χ0) is 20.6. The summed E-state index contributed by atoms with van der Waals surface area (Å²) in [6.45, 7) is 7.57. The Kier molecular flexibility index (Phi) is 8.85. The second-order valence-corrected chi connectivity index (χ2v) is 12.1. The first kappa shape index (κ1) is 23.3. The summed E-state index contributed by atoms with van der Waals surface area (Å²) < 4.78 is 29.8. The summed E-state index contributed by atoms with van der Waals surface area (Å²) in [6, 6.07) is 6.71. The Bertz CT molecular complexity index is 695. The van der Waals surface area contributed by atoms with E-state index in [-0.39, 0.29) is 0 Å². The van der Waals surface area contributed by atoms with Gasteiger partial charge in [0.05, 0.1) is 16.6 Å². The highest BCUT2D eigenvalue weighted by atomic mass is 32.2. The molecule has 0 unspecified atom stereocenters. The van der Waals surface area contributed by atoms with Crippen LogP contribution in [0.5, 0.6) is 5.75 Å². The maximum absolute atomic E-state index is 12.1. The quantitative estimate of drug-likeness (QED) is 0.405. The average molecular weight is 409 g/mol. The molecule has 0 aromatic heterocycles. The molecule has 1 aromatic rings. The fourth-order valence-corrected chi connectivity index (χ4v) is 5.02. The highest BCUT2D eigenvalue weighted by Gasteiger charge is 2.27. The van der Waals surface area contributed by atoms with Gasteiger partial charge in [-0.05, 0) is 89.3 Å². The fourth-order valence-electron chi connectivity index (χ4n) is 3.82. The lowest BCUT2D eigenvalue weighted by Gasteiger charge is -2.18. The third kappa shape index (κ3) is 7.09. The second kappa shape index (κ2) is 10.7. The van der Waals surface area contributed by atoms with E-state index in [0.717, 1.165) is 50.7 Å². The lowest BCUT2D eigenvalue weighted by atomic mass is 10.0. The first-order chi connectivity index (χ1) is 13.2. The number of unbranched alkanes of at least 4 members (excludes halogenated alkanes) is 4. The molecule has 0 atom stereocenters. The molecule has 0 radical (unpaired) electrons. The van der Waals surface area contributed by atoms with Crippen LogP contribution in [-0.2, 0) is 22.7 Å². The van der Waals surface area contributed by atoms with Crippen molar-refractivity contribution in [1.82, 2.24) is 0 Å². The van der Waals surface area contributed by atoms with Gasteiger partial charge >= 0.3 is 0 Å². The SMILES string of the molecule is CCc1cc(CCCCCCCS(=O)(=O)C(C)(C)C)ccc1OC1CCCC1. The van der Waals surface area contributed by atoms with Gasteiger partial charge in [0.1, 0.15) is 5.75 Å². The van der Waals surface area contributed by atoms with Crippen molar-refractivity contribution in [3.05, 3.63) is 29.3 Å². The van der Waals surface area contributed by atoms with Crippen molar-refractivity contribution < 1.29 is 13.2 Å². The van der Waals surface area contributed by atoms with E-state index in [4.69, 9.17) is 4.74 Å². The van der Waals surface area contributed by atoms with Crippen LogP contribution in [0.2, 0.25) is 0 Å². The molecule has 3 nitrogen and oxygen atoms in total. The third-order valence-electron chi connectivity index (χ3n) is 5.91. The van der Waals surface area contributed by atoms with Gasteiger partial charge in [0, 0.05) is 0 Å². The van der Waals surface area contributed by atoms with Crippen LogP contribution in [0, 0.1) is 0 Å². The largest absolute Gasteiger partial charge is 0.490 e. The van der Waals surface area contributed by atoms with Crippen LogP contribution in [0.3, 0.4) is 0 Å². The summed E-state index contributed by atoms with van der Waals surface area (Å²) in [5.74, 6) is 1.40. The summed E-state index contributed by atoms with van der Waals surface area (Å²) in [7, 11) is -2.97. The van der Waals surface area contributed by atoms with Crippen LogP contribution < -0.4 is 4.74 Å². The van der Waals surface area contributed by atoms with Crippen molar-refractivity contribution in [3.8, 4) is 5.75 Å². The molecule has 1 aromatic carbocycles. The normalized spacial score (nSPS) is 15.9. The lowest BCUT2D eigenvalue weighted by molar-refractivity contribution is 0.208. The van der Waals surface area contributed by atoms with Crippen molar-refractivity contribution in [2.75, 3.05) is 5.75 Å². The maximum Gasteiger partial charge on any atom is 0.155 e. The van der Waals surface area contributed by atoms with Gasteiger partial charge in [-0.2, -0.15) is 0 Å². The van der Waals surface area contributed by atoms with Crippen molar-refractivity contribution in [2.24, 2.45) is 0 Å². The molecule has 1 aliphatic rings. The summed E-state index contributed by atoms with van der Waals surface area (Å²) >= 11 is 0. The molecule has 0 spiro atoms. The number of hydrogen-bond donors (Lipinski definition) is 0. The predicted molar refractivity (Wildman–Crippen MR) is 119 cm³/mol. The van der Waals surface area contributed by atoms with Gasteiger partial charge in [-0.3, -0.25) is 0 Å². The lowest BCUT2D eigenvalue weighted by Crippen LogP contribution is -2.30. The molecule has 4 heteroatoms. The molecule has 0 heterocycles. The van der Waals surface area contributed by atoms with E-state index in [1.54, 1.807) is 20.8 Å². The summed E-state index contributed by atoms with van der Waals surface area (Å²) in [4.78, 5) is 0. The number of benzene rings is 1. The molecule has 160 valence electrons. The molecule has 0 bridgehead atoms. The number of hydrogen-bond acceptors (Lipinski definition) is 3. The number of aryl methyl sites for hydroxylation is 2. The number of ether oxygens (including phenoxy) is 1. The Morgan fingerprint density at radius 3 is 2.29 bits per heavy atom. The third-order valence-corrected chi connectivity index (χ3v) is 8.61. The van der Waals surface area contributed by atoms with Gasteiger partial charge in [-0.25, -0.2) is 8.42 Å². The van der Waals surface area contributed by atoms with Gasteiger partial charge < -0.3 is 4.74 Å². The predicted octanol–water partition coefficient (Wildman–Crippen LogP) is 6.28. The highest BCUT2D eigenvalue weighted by Crippen LogP contribution is 2.28. The van der Waals surface area contributed by atoms with E-state index >= 15 is 0 Å². The van der Waals surface area contributed by atoms with E-state index in [1.165, 1.54) is 36.8 Å². The minimum absolute atomic E-state index is 0.318. The summed E-state index contributed by atoms with van der Waals surface area (Å²) in [5.41, 5.74) is 2.72. The molecule has 1 aliphatic carbocycles. The van der Waals surface area contributed by atoms with Gasteiger partial charge in [-0.15, -0.1) is 0 Å². The average Bonchev–Trinajstić information content (AvgIpc) is 3.14. The Hall–Kier alpha value is -1.03.